The van der Waals surface area contributed by atoms with Crippen LogP contribution in [0.5, 0.6) is 0 Å². The molecule has 1 N–H and O–H groups in total. The van der Waals surface area contributed by atoms with Gasteiger partial charge < -0.3 is 5.32 Å². The zero-order valence-corrected chi connectivity index (χ0v) is 16.9. The second-order valence-corrected chi connectivity index (χ2v) is 7.44. The van der Waals surface area contributed by atoms with Gasteiger partial charge in [-0.3, -0.25) is 19.4 Å². The van der Waals surface area contributed by atoms with Crippen LogP contribution in [0, 0.1) is 31.6 Å². The van der Waals surface area contributed by atoms with Gasteiger partial charge in [0.15, 0.2) is 0 Å². The first-order chi connectivity index (χ1) is 13.9. The SMILES string of the molecule is CC#Cc1cc(C)c(C2C(=O)CC(C(=O)NCc3ccncc3)CC2=O)c(C)c1. The molecule has 0 saturated heterocycles. The lowest BCUT2D eigenvalue weighted by atomic mass is 9.74. The van der Waals surface area contributed by atoms with Crippen LogP contribution in [0.4, 0.5) is 0 Å². The van der Waals surface area contributed by atoms with E-state index in [0.717, 1.165) is 27.8 Å². The Hall–Kier alpha value is -3.26. The first-order valence-electron chi connectivity index (χ1n) is 9.66. The molecule has 0 aliphatic heterocycles. The summed E-state index contributed by atoms with van der Waals surface area (Å²) in [7, 11) is 0. The third-order valence-corrected chi connectivity index (χ3v) is 5.28. The number of nitrogens with zero attached hydrogens (tertiary/aromatic N) is 1. The molecule has 1 aliphatic carbocycles. The molecule has 0 unspecified atom stereocenters. The molecule has 1 aliphatic rings. The van der Waals surface area contributed by atoms with Crippen molar-refractivity contribution in [3.8, 4) is 11.8 Å². The van der Waals surface area contributed by atoms with E-state index in [-0.39, 0.29) is 30.3 Å². The lowest BCUT2D eigenvalue weighted by molar-refractivity contribution is -0.139. The standard InChI is InChI=1S/C24H24N2O3/c1-4-5-18-10-15(2)22(16(3)11-18)23-20(27)12-19(13-21(23)28)24(29)26-14-17-6-8-25-9-7-17/h6-11,19,23H,12-14H2,1-3H3,(H,26,29). The molecule has 29 heavy (non-hydrogen) atoms. The van der Waals surface area contributed by atoms with E-state index in [1.165, 1.54) is 0 Å². The van der Waals surface area contributed by atoms with Gasteiger partial charge in [0.25, 0.3) is 0 Å². The summed E-state index contributed by atoms with van der Waals surface area (Å²) in [6, 6.07) is 7.44. The third-order valence-electron chi connectivity index (χ3n) is 5.28. The average molecular weight is 388 g/mol. The molecule has 0 bridgehead atoms. The lowest BCUT2D eigenvalue weighted by Gasteiger charge is -2.28. The smallest absolute Gasteiger partial charge is 0.224 e. The quantitative estimate of drug-likeness (QED) is 0.645. The largest absolute Gasteiger partial charge is 0.352 e. The van der Waals surface area contributed by atoms with Gasteiger partial charge in [-0.2, -0.15) is 0 Å². The van der Waals surface area contributed by atoms with Crippen molar-refractivity contribution >= 4 is 17.5 Å². The molecule has 3 rings (SSSR count). The zero-order valence-electron chi connectivity index (χ0n) is 16.9. The Labute approximate surface area is 170 Å². The molecule has 5 nitrogen and oxygen atoms in total. The van der Waals surface area contributed by atoms with E-state index in [0.29, 0.717) is 6.54 Å². The van der Waals surface area contributed by atoms with E-state index in [2.05, 4.69) is 22.1 Å². The summed E-state index contributed by atoms with van der Waals surface area (Å²) >= 11 is 0. The van der Waals surface area contributed by atoms with Gasteiger partial charge in [0, 0.05) is 37.3 Å². The van der Waals surface area contributed by atoms with Crippen LogP contribution in [-0.2, 0) is 20.9 Å². The molecule has 1 aromatic carbocycles. The molecule has 5 heteroatoms. The minimum Gasteiger partial charge on any atom is -0.352 e. The molecule has 0 radical (unpaired) electrons. The highest BCUT2D eigenvalue weighted by atomic mass is 16.2. The molecule has 1 amide bonds. The van der Waals surface area contributed by atoms with Crippen LogP contribution in [-0.4, -0.2) is 22.5 Å². The van der Waals surface area contributed by atoms with E-state index < -0.39 is 11.8 Å². The maximum Gasteiger partial charge on any atom is 0.224 e. The fraction of sp³-hybridized carbons (Fsp3) is 0.333. The summed E-state index contributed by atoms with van der Waals surface area (Å²) in [6.45, 7) is 5.92. The number of hydrogen-bond donors (Lipinski definition) is 1. The minimum absolute atomic E-state index is 0.0774. The third kappa shape index (κ3) is 4.60. The van der Waals surface area contributed by atoms with Crippen molar-refractivity contribution < 1.29 is 14.4 Å². The van der Waals surface area contributed by atoms with Crippen LogP contribution in [0.25, 0.3) is 0 Å². The van der Waals surface area contributed by atoms with Crippen LogP contribution in [0.1, 0.15) is 53.5 Å². The van der Waals surface area contributed by atoms with Gasteiger partial charge in [-0.25, -0.2) is 0 Å². The Kier molecular flexibility index (Phi) is 6.23. The Morgan fingerprint density at radius 3 is 2.24 bits per heavy atom. The maximum absolute atomic E-state index is 12.9. The lowest BCUT2D eigenvalue weighted by Crippen LogP contribution is -2.40. The number of pyridine rings is 1. The highest BCUT2D eigenvalue weighted by Crippen LogP contribution is 2.34. The highest BCUT2D eigenvalue weighted by Gasteiger charge is 2.40. The van der Waals surface area contributed by atoms with Crippen LogP contribution in [0.15, 0.2) is 36.7 Å². The van der Waals surface area contributed by atoms with Crippen molar-refractivity contribution in [2.45, 2.75) is 46.1 Å². The van der Waals surface area contributed by atoms with Crippen molar-refractivity contribution in [1.82, 2.24) is 10.3 Å². The van der Waals surface area contributed by atoms with Crippen molar-refractivity contribution in [3.05, 3.63) is 64.5 Å². The highest BCUT2D eigenvalue weighted by molar-refractivity contribution is 6.12. The first-order valence-corrected chi connectivity index (χ1v) is 9.66. The monoisotopic (exact) mass is 388 g/mol. The topological polar surface area (TPSA) is 76.1 Å². The number of nitrogens with one attached hydrogen (secondary N) is 1. The van der Waals surface area contributed by atoms with Gasteiger partial charge in [-0.1, -0.05) is 5.92 Å². The predicted octanol–water partition coefficient (Wildman–Crippen LogP) is 3.02. The summed E-state index contributed by atoms with van der Waals surface area (Å²) in [6.07, 6.45) is 3.46. The molecule has 1 saturated carbocycles. The molecule has 148 valence electrons. The molecule has 2 aromatic rings. The number of benzene rings is 1. The summed E-state index contributed by atoms with van der Waals surface area (Å²) in [5.74, 6) is 3.84. The van der Waals surface area contributed by atoms with Gasteiger partial charge in [0.1, 0.15) is 17.5 Å². The van der Waals surface area contributed by atoms with E-state index in [1.54, 1.807) is 19.3 Å². The number of aryl methyl sites for hydroxylation is 2. The van der Waals surface area contributed by atoms with Gasteiger partial charge in [0.2, 0.25) is 5.91 Å². The van der Waals surface area contributed by atoms with E-state index in [9.17, 15) is 14.4 Å². The number of Topliss-reactive ketones (excluding diaryl/α,β-unsaturated/α-hetero) is 2. The Morgan fingerprint density at radius 1 is 1.10 bits per heavy atom. The van der Waals surface area contributed by atoms with Gasteiger partial charge in [-0.05, 0) is 67.3 Å². The molecule has 0 atom stereocenters. The number of ketones is 2. The molecule has 1 heterocycles. The number of aromatic nitrogens is 1. The van der Waals surface area contributed by atoms with Gasteiger partial charge >= 0.3 is 0 Å². The fourth-order valence-corrected chi connectivity index (χ4v) is 3.96. The number of rotatable bonds is 4. The average Bonchev–Trinajstić information content (AvgIpc) is 2.68. The summed E-state index contributed by atoms with van der Waals surface area (Å²) in [5.41, 5.74) is 4.32. The van der Waals surface area contributed by atoms with Crippen molar-refractivity contribution in [3.63, 3.8) is 0 Å². The summed E-state index contributed by atoms with van der Waals surface area (Å²) < 4.78 is 0. The molecular formula is C24H24N2O3. The van der Waals surface area contributed by atoms with Gasteiger partial charge in [-0.15, -0.1) is 5.92 Å². The number of hydrogen-bond acceptors (Lipinski definition) is 4. The zero-order chi connectivity index (χ0) is 21.0. The van der Waals surface area contributed by atoms with Crippen LogP contribution in [0.3, 0.4) is 0 Å². The maximum atomic E-state index is 12.9. The summed E-state index contributed by atoms with van der Waals surface area (Å²) in [5, 5.41) is 2.82. The molecule has 0 spiro atoms. The van der Waals surface area contributed by atoms with E-state index in [1.807, 2.05) is 38.1 Å². The van der Waals surface area contributed by atoms with Crippen molar-refractivity contribution in [2.24, 2.45) is 5.92 Å². The Balaban J connectivity index is 1.73. The first kappa shape index (κ1) is 20.5. The second-order valence-electron chi connectivity index (χ2n) is 7.44. The Morgan fingerprint density at radius 2 is 1.69 bits per heavy atom. The Bertz CT molecular complexity index is 974. The second kappa shape index (κ2) is 8.83. The van der Waals surface area contributed by atoms with Crippen LogP contribution >= 0.6 is 0 Å². The van der Waals surface area contributed by atoms with E-state index >= 15 is 0 Å². The number of carbonyl (C=O) groups is 3. The molecule has 1 fully saturated rings. The van der Waals surface area contributed by atoms with Crippen molar-refractivity contribution in [2.75, 3.05) is 0 Å². The minimum atomic E-state index is -0.789. The molecule has 1 aromatic heterocycles. The molecular weight excluding hydrogens is 364 g/mol. The van der Waals surface area contributed by atoms with Crippen LogP contribution < -0.4 is 5.32 Å². The number of carbonyl (C=O) groups excluding carboxylic acids is 3. The van der Waals surface area contributed by atoms with Crippen molar-refractivity contribution in [1.29, 1.82) is 0 Å². The normalized spacial score (nSPS) is 18.7. The number of amides is 1. The predicted molar refractivity (Wildman–Crippen MR) is 110 cm³/mol. The van der Waals surface area contributed by atoms with Gasteiger partial charge in [0.05, 0.1) is 5.92 Å². The fourth-order valence-electron chi connectivity index (χ4n) is 3.96. The van der Waals surface area contributed by atoms with E-state index in [4.69, 9.17) is 0 Å². The van der Waals surface area contributed by atoms with Crippen LogP contribution in [0.2, 0.25) is 0 Å². The summed E-state index contributed by atoms with van der Waals surface area (Å²) in [4.78, 5) is 42.2.